The van der Waals surface area contributed by atoms with Crippen LogP contribution >= 0.6 is 0 Å². The second-order valence-corrected chi connectivity index (χ2v) is 10.7. The zero-order valence-corrected chi connectivity index (χ0v) is 19.2. The van der Waals surface area contributed by atoms with Crippen LogP contribution in [0.25, 0.3) is 0 Å². The van der Waals surface area contributed by atoms with Crippen LogP contribution in [-0.2, 0) is 19.6 Å². The zero-order valence-electron chi connectivity index (χ0n) is 18.4. The monoisotopic (exact) mass is 450 g/mol. The maximum absolute atomic E-state index is 13.2. The standard InChI is InChI=1S/C22H34N4O4S/c1-18-6-2-3-11-25(18)17-22(27)23-20-16-19(7-8-21(20)24-9-4-5-10-24)31(28,29)26-12-14-30-15-13-26/h7-8,16,18H,2-6,9-15,17H2,1H3,(H,23,27)/t18-/m1/s1. The minimum Gasteiger partial charge on any atom is -0.379 e. The van der Waals surface area contributed by atoms with Crippen molar-refractivity contribution in [3.63, 3.8) is 0 Å². The predicted octanol–water partition coefficient (Wildman–Crippen LogP) is 2.12. The molecule has 0 bridgehead atoms. The van der Waals surface area contributed by atoms with Crippen LogP contribution in [0.4, 0.5) is 11.4 Å². The molecule has 0 aromatic heterocycles. The van der Waals surface area contributed by atoms with Crippen LogP contribution in [0.5, 0.6) is 0 Å². The highest BCUT2D eigenvalue weighted by Crippen LogP contribution is 2.32. The van der Waals surface area contributed by atoms with Crippen LogP contribution in [0.3, 0.4) is 0 Å². The van der Waals surface area contributed by atoms with Gasteiger partial charge in [0.05, 0.1) is 36.0 Å². The molecule has 3 aliphatic rings. The van der Waals surface area contributed by atoms with Crippen molar-refractivity contribution >= 4 is 27.3 Å². The Bertz CT molecular complexity index is 879. The Hall–Kier alpha value is -1.68. The summed E-state index contributed by atoms with van der Waals surface area (Å²) in [6.07, 6.45) is 5.64. The molecule has 0 aliphatic carbocycles. The van der Waals surface area contributed by atoms with E-state index in [1.807, 2.05) is 6.07 Å². The van der Waals surface area contributed by atoms with Gasteiger partial charge in [0.15, 0.2) is 0 Å². The third-order valence-corrected chi connectivity index (χ3v) is 8.48. The first-order valence-electron chi connectivity index (χ1n) is 11.5. The lowest BCUT2D eigenvalue weighted by Gasteiger charge is -2.32. The molecule has 4 rings (SSSR count). The number of sulfonamides is 1. The average molecular weight is 451 g/mol. The highest BCUT2D eigenvalue weighted by atomic mass is 32.2. The smallest absolute Gasteiger partial charge is 0.243 e. The topological polar surface area (TPSA) is 82.2 Å². The number of benzene rings is 1. The number of hydrogen-bond acceptors (Lipinski definition) is 6. The number of likely N-dealkylation sites (tertiary alicyclic amines) is 1. The quantitative estimate of drug-likeness (QED) is 0.715. The molecule has 31 heavy (non-hydrogen) atoms. The Morgan fingerprint density at radius 2 is 1.77 bits per heavy atom. The van der Waals surface area contributed by atoms with Crippen LogP contribution < -0.4 is 10.2 Å². The molecule has 0 saturated carbocycles. The summed E-state index contributed by atoms with van der Waals surface area (Å²) in [6.45, 7) is 6.78. The summed E-state index contributed by atoms with van der Waals surface area (Å²) >= 11 is 0. The number of anilines is 2. The average Bonchev–Trinajstić information content (AvgIpc) is 3.30. The van der Waals surface area contributed by atoms with Gasteiger partial charge in [-0.1, -0.05) is 6.42 Å². The van der Waals surface area contributed by atoms with E-state index < -0.39 is 10.0 Å². The van der Waals surface area contributed by atoms with Crippen LogP contribution in [-0.4, -0.2) is 82.1 Å². The van der Waals surface area contributed by atoms with Crippen molar-refractivity contribution in [2.45, 2.75) is 50.0 Å². The summed E-state index contributed by atoms with van der Waals surface area (Å²) in [4.78, 5) is 17.6. The second kappa shape index (κ2) is 9.85. The van der Waals surface area contributed by atoms with Gasteiger partial charge in [0.25, 0.3) is 0 Å². The van der Waals surface area contributed by atoms with E-state index in [0.717, 1.165) is 51.0 Å². The molecule has 1 N–H and O–H groups in total. The molecule has 3 fully saturated rings. The molecule has 3 saturated heterocycles. The Morgan fingerprint density at radius 3 is 2.48 bits per heavy atom. The van der Waals surface area contributed by atoms with E-state index >= 15 is 0 Å². The maximum atomic E-state index is 13.2. The molecule has 3 aliphatic heterocycles. The van der Waals surface area contributed by atoms with Crippen molar-refractivity contribution in [2.75, 3.05) is 62.7 Å². The first-order valence-corrected chi connectivity index (χ1v) is 12.9. The van der Waals surface area contributed by atoms with E-state index in [4.69, 9.17) is 4.74 Å². The normalized spacial score (nSPS) is 23.8. The van der Waals surface area contributed by atoms with E-state index in [-0.39, 0.29) is 10.8 Å². The molecule has 0 unspecified atom stereocenters. The predicted molar refractivity (Wildman–Crippen MR) is 121 cm³/mol. The lowest BCUT2D eigenvalue weighted by Crippen LogP contribution is -2.42. The number of nitrogens with zero attached hydrogens (tertiary/aromatic N) is 3. The first kappa shape index (κ1) is 22.5. The number of carbonyl (C=O) groups excluding carboxylic acids is 1. The molecule has 1 aromatic carbocycles. The van der Waals surface area contributed by atoms with E-state index in [1.54, 1.807) is 12.1 Å². The summed E-state index contributed by atoms with van der Waals surface area (Å²) < 4.78 is 33.1. The summed E-state index contributed by atoms with van der Waals surface area (Å²) in [5.41, 5.74) is 1.49. The fourth-order valence-corrected chi connectivity index (χ4v) is 6.15. The number of nitrogens with one attached hydrogen (secondary N) is 1. The van der Waals surface area contributed by atoms with E-state index in [1.165, 1.54) is 10.7 Å². The number of ether oxygens (including phenoxy) is 1. The largest absolute Gasteiger partial charge is 0.379 e. The Kier molecular flexibility index (Phi) is 7.15. The molecule has 1 aromatic rings. The number of morpholine rings is 1. The number of carbonyl (C=O) groups is 1. The maximum Gasteiger partial charge on any atom is 0.243 e. The molecular formula is C22H34N4O4S. The van der Waals surface area contributed by atoms with Crippen molar-refractivity contribution in [1.82, 2.24) is 9.21 Å². The molecule has 0 radical (unpaired) electrons. The molecule has 172 valence electrons. The fraction of sp³-hybridized carbons (Fsp3) is 0.682. The van der Waals surface area contributed by atoms with Gasteiger partial charge in [-0.3, -0.25) is 9.69 Å². The molecule has 1 amide bonds. The summed E-state index contributed by atoms with van der Waals surface area (Å²) in [6, 6.07) is 5.54. The molecule has 0 spiro atoms. The van der Waals surface area contributed by atoms with Crippen molar-refractivity contribution < 1.29 is 17.9 Å². The van der Waals surface area contributed by atoms with Gasteiger partial charge in [-0.25, -0.2) is 8.42 Å². The molecular weight excluding hydrogens is 416 g/mol. The van der Waals surface area contributed by atoms with Crippen molar-refractivity contribution in [1.29, 1.82) is 0 Å². The number of amides is 1. The second-order valence-electron chi connectivity index (χ2n) is 8.75. The van der Waals surface area contributed by atoms with E-state index in [9.17, 15) is 13.2 Å². The Labute approximate surface area is 185 Å². The lowest BCUT2D eigenvalue weighted by atomic mass is 10.0. The summed E-state index contributed by atoms with van der Waals surface area (Å²) in [5.74, 6) is -0.0879. The Balaban J connectivity index is 1.57. The van der Waals surface area contributed by atoms with E-state index in [2.05, 4.69) is 22.0 Å². The summed E-state index contributed by atoms with van der Waals surface area (Å²) in [5, 5.41) is 3.04. The van der Waals surface area contributed by atoms with Gasteiger partial charge in [-0.05, 0) is 57.4 Å². The SMILES string of the molecule is C[C@@H]1CCCCN1CC(=O)Nc1cc(S(=O)(=O)N2CCOCC2)ccc1N1CCCC1. The van der Waals surface area contributed by atoms with Crippen molar-refractivity contribution in [3.05, 3.63) is 18.2 Å². The van der Waals surface area contributed by atoms with Crippen molar-refractivity contribution in [2.24, 2.45) is 0 Å². The van der Waals surface area contributed by atoms with Crippen LogP contribution in [0.2, 0.25) is 0 Å². The van der Waals surface area contributed by atoms with Gasteiger partial charge in [0.2, 0.25) is 15.9 Å². The van der Waals surface area contributed by atoms with Crippen LogP contribution in [0.1, 0.15) is 39.0 Å². The fourth-order valence-electron chi connectivity index (χ4n) is 4.71. The molecule has 9 heteroatoms. The lowest BCUT2D eigenvalue weighted by molar-refractivity contribution is -0.118. The van der Waals surface area contributed by atoms with Gasteiger partial charge in [-0.2, -0.15) is 4.31 Å². The van der Waals surface area contributed by atoms with Gasteiger partial charge in [0, 0.05) is 32.2 Å². The minimum absolute atomic E-state index is 0.0879. The third-order valence-electron chi connectivity index (χ3n) is 6.58. The van der Waals surface area contributed by atoms with Crippen molar-refractivity contribution in [3.8, 4) is 0 Å². The van der Waals surface area contributed by atoms with Gasteiger partial charge >= 0.3 is 0 Å². The Morgan fingerprint density at radius 1 is 1.06 bits per heavy atom. The highest BCUT2D eigenvalue weighted by molar-refractivity contribution is 7.89. The van der Waals surface area contributed by atoms with Gasteiger partial charge in [-0.15, -0.1) is 0 Å². The van der Waals surface area contributed by atoms with Crippen LogP contribution in [0, 0.1) is 0 Å². The molecule has 1 atom stereocenters. The van der Waals surface area contributed by atoms with Gasteiger partial charge < -0.3 is 15.0 Å². The number of hydrogen-bond donors (Lipinski definition) is 1. The minimum atomic E-state index is -3.62. The summed E-state index contributed by atoms with van der Waals surface area (Å²) in [7, 11) is -3.62. The first-order chi connectivity index (χ1) is 14.9. The van der Waals surface area contributed by atoms with Gasteiger partial charge in [0.1, 0.15) is 0 Å². The van der Waals surface area contributed by atoms with E-state index in [0.29, 0.717) is 44.6 Å². The molecule has 8 nitrogen and oxygen atoms in total. The number of piperidine rings is 1. The zero-order chi connectivity index (χ0) is 21.8. The molecule has 3 heterocycles. The van der Waals surface area contributed by atoms with Crippen LogP contribution in [0.15, 0.2) is 23.1 Å². The number of rotatable bonds is 6. The third kappa shape index (κ3) is 5.22. The highest BCUT2D eigenvalue weighted by Gasteiger charge is 2.28.